The summed E-state index contributed by atoms with van der Waals surface area (Å²) < 4.78 is 11.5. The van der Waals surface area contributed by atoms with Gasteiger partial charge < -0.3 is 41.4 Å². The molecule has 0 bridgehead atoms. The zero-order valence-electron chi connectivity index (χ0n) is 21.5. The van der Waals surface area contributed by atoms with E-state index in [1.807, 2.05) is 6.07 Å². The maximum Gasteiger partial charge on any atom is 0.373 e. The maximum atomic E-state index is 12.2. The summed E-state index contributed by atoms with van der Waals surface area (Å²) in [6.45, 7) is 0. The fraction of sp³-hybridized carbons (Fsp3) is 0.167. The molecule has 0 spiro atoms. The number of aromatic nitrogens is 2. The molecule has 0 aliphatic heterocycles. The van der Waals surface area contributed by atoms with Crippen molar-refractivity contribution >= 4 is 40.8 Å². The molecule has 2 aromatic carbocycles. The van der Waals surface area contributed by atoms with E-state index in [4.69, 9.17) is 26.0 Å². The first-order valence-electron chi connectivity index (χ1n) is 11.4. The average molecular weight is 566 g/mol. The SMILES string of the molecule is CN(C)c1ccc(C#N)cc1Oc1nc(Oc2cccc(N=C(N)N)c2)nc(NC(CC(=O)O)C(=O)O)c1[N+](=O)[O-]. The van der Waals surface area contributed by atoms with Crippen molar-refractivity contribution in [2.75, 3.05) is 24.3 Å². The molecule has 1 heterocycles. The fourth-order valence-corrected chi connectivity index (χ4v) is 3.35. The number of nitriles is 1. The van der Waals surface area contributed by atoms with Crippen molar-refractivity contribution in [2.24, 2.45) is 16.5 Å². The molecule has 0 amide bonds. The first kappa shape index (κ1) is 29.4. The molecule has 1 unspecified atom stereocenters. The van der Waals surface area contributed by atoms with Crippen LogP contribution >= 0.6 is 0 Å². The van der Waals surface area contributed by atoms with Crippen molar-refractivity contribution in [1.29, 1.82) is 5.26 Å². The van der Waals surface area contributed by atoms with Crippen LogP contribution in [0.5, 0.6) is 23.4 Å². The first-order valence-corrected chi connectivity index (χ1v) is 11.4. The van der Waals surface area contributed by atoms with Crippen LogP contribution in [-0.4, -0.2) is 63.1 Å². The zero-order valence-corrected chi connectivity index (χ0v) is 21.5. The highest BCUT2D eigenvalue weighted by Crippen LogP contribution is 2.40. The number of benzene rings is 2. The second-order valence-corrected chi connectivity index (χ2v) is 8.33. The van der Waals surface area contributed by atoms with Crippen LogP contribution in [0.2, 0.25) is 0 Å². The number of carboxylic acid groups (broad SMARTS) is 2. The van der Waals surface area contributed by atoms with Gasteiger partial charge >= 0.3 is 29.5 Å². The average Bonchev–Trinajstić information content (AvgIpc) is 2.87. The van der Waals surface area contributed by atoms with Gasteiger partial charge in [-0.2, -0.15) is 15.2 Å². The molecule has 0 aliphatic carbocycles. The predicted octanol–water partition coefficient (Wildman–Crippen LogP) is 2.15. The predicted molar refractivity (Wildman–Crippen MR) is 144 cm³/mol. The zero-order chi connectivity index (χ0) is 30.3. The van der Waals surface area contributed by atoms with Crippen molar-refractivity contribution in [3.8, 4) is 29.5 Å². The number of carboxylic acids is 2. The minimum Gasteiger partial charge on any atom is -0.481 e. The number of aliphatic carboxylic acids is 2. The number of nitrogens with one attached hydrogen (secondary N) is 1. The van der Waals surface area contributed by atoms with Crippen molar-refractivity contribution < 1.29 is 34.2 Å². The summed E-state index contributed by atoms with van der Waals surface area (Å²) >= 11 is 0. The molecular weight excluding hydrogens is 542 g/mol. The molecule has 17 heteroatoms. The van der Waals surface area contributed by atoms with Gasteiger partial charge in [0.1, 0.15) is 11.8 Å². The lowest BCUT2D eigenvalue weighted by molar-refractivity contribution is -0.385. The molecule has 3 rings (SSSR count). The number of aliphatic imine (C=N–C) groups is 1. The first-order chi connectivity index (χ1) is 19.4. The number of rotatable bonds is 12. The summed E-state index contributed by atoms with van der Waals surface area (Å²) in [5.41, 5.74) is 10.8. The quantitative estimate of drug-likeness (QED) is 0.0911. The summed E-state index contributed by atoms with van der Waals surface area (Å²) in [6, 6.07) is 9.87. The van der Waals surface area contributed by atoms with Crippen molar-refractivity contribution in [2.45, 2.75) is 12.5 Å². The standard InChI is InChI=1S/C24H23N9O8/c1-32(2)16-7-6-12(11-25)8-17(16)41-21-19(33(38)39)20(29-15(22(36)37)10-18(34)35)30-24(31-21)40-14-5-3-4-13(9-14)28-23(26)27/h3-9,15H,10H2,1-2H3,(H,34,35)(H,36,37)(H4,26,27,28)(H,29,30,31). The van der Waals surface area contributed by atoms with Gasteiger partial charge in [0, 0.05) is 26.2 Å². The smallest absolute Gasteiger partial charge is 0.373 e. The minimum atomic E-state index is -1.83. The van der Waals surface area contributed by atoms with Crippen LogP contribution in [0.4, 0.5) is 22.9 Å². The molecule has 1 aromatic heterocycles. The Bertz CT molecular complexity index is 1570. The summed E-state index contributed by atoms with van der Waals surface area (Å²) in [6.07, 6.45) is -0.946. The molecule has 3 aromatic rings. The highest BCUT2D eigenvalue weighted by Gasteiger charge is 2.32. The topological polar surface area (TPSA) is 265 Å². The molecule has 1 atom stereocenters. The number of nitro groups is 1. The normalized spacial score (nSPS) is 11.0. The Hall–Kier alpha value is -6.18. The van der Waals surface area contributed by atoms with Crippen LogP contribution in [0.25, 0.3) is 0 Å². The summed E-state index contributed by atoms with van der Waals surface area (Å²) in [7, 11) is 3.33. The molecule has 41 heavy (non-hydrogen) atoms. The second-order valence-electron chi connectivity index (χ2n) is 8.33. The number of hydrogen-bond donors (Lipinski definition) is 5. The van der Waals surface area contributed by atoms with Crippen molar-refractivity contribution in [3.05, 3.63) is 58.1 Å². The monoisotopic (exact) mass is 565 g/mol. The summed E-state index contributed by atoms with van der Waals surface area (Å²) in [5, 5.41) is 42.4. The van der Waals surface area contributed by atoms with E-state index in [0.29, 0.717) is 5.69 Å². The fourth-order valence-electron chi connectivity index (χ4n) is 3.35. The molecule has 0 aliphatic rings. The van der Waals surface area contributed by atoms with Crippen LogP contribution in [0.15, 0.2) is 47.5 Å². The van der Waals surface area contributed by atoms with Crippen LogP contribution < -0.4 is 31.2 Å². The maximum absolute atomic E-state index is 12.2. The lowest BCUT2D eigenvalue weighted by Crippen LogP contribution is -2.32. The Kier molecular flexibility index (Phi) is 9.01. The molecule has 17 nitrogen and oxygen atoms in total. The second kappa shape index (κ2) is 12.6. The molecule has 0 saturated heterocycles. The summed E-state index contributed by atoms with van der Waals surface area (Å²) in [5.74, 6) is -4.67. The number of nitrogens with two attached hydrogens (primary N) is 2. The van der Waals surface area contributed by atoms with Crippen LogP contribution in [-0.2, 0) is 9.59 Å². The van der Waals surface area contributed by atoms with Gasteiger partial charge in [0.15, 0.2) is 11.7 Å². The van der Waals surface area contributed by atoms with Gasteiger partial charge in [-0.15, -0.1) is 0 Å². The third-order valence-electron chi connectivity index (χ3n) is 5.06. The Balaban J connectivity index is 2.21. The van der Waals surface area contributed by atoms with Gasteiger partial charge in [-0.3, -0.25) is 14.9 Å². The highest BCUT2D eigenvalue weighted by atomic mass is 16.6. The Morgan fingerprint density at radius 3 is 2.51 bits per heavy atom. The molecule has 0 radical (unpaired) electrons. The van der Waals surface area contributed by atoms with Gasteiger partial charge in [-0.25, -0.2) is 9.79 Å². The molecule has 7 N–H and O–H groups in total. The van der Waals surface area contributed by atoms with E-state index in [1.165, 1.54) is 30.3 Å². The molecule has 0 saturated carbocycles. The summed E-state index contributed by atoms with van der Waals surface area (Å²) in [4.78, 5) is 47.6. The molecular formula is C24H23N9O8. The van der Waals surface area contributed by atoms with E-state index in [0.717, 1.165) is 0 Å². The number of anilines is 2. The van der Waals surface area contributed by atoms with Crippen LogP contribution in [0.1, 0.15) is 12.0 Å². The third kappa shape index (κ3) is 7.67. The van der Waals surface area contributed by atoms with Gasteiger partial charge in [0.05, 0.1) is 34.4 Å². The van der Waals surface area contributed by atoms with Gasteiger partial charge in [0.25, 0.3) is 0 Å². The van der Waals surface area contributed by atoms with Gasteiger partial charge in [-0.1, -0.05) is 6.07 Å². The van der Waals surface area contributed by atoms with Gasteiger partial charge in [0.2, 0.25) is 5.82 Å². The molecule has 212 valence electrons. The lowest BCUT2D eigenvalue weighted by Gasteiger charge is -2.19. The Morgan fingerprint density at radius 1 is 1.20 bits per heavy atom. The molecule has 0 fully saturated rings. The van der Waals surface area contributed by atoms with E-state index in [-0.39, 0.29) is 28.7 Å². The van der Waals surface area contributed by atoms with E-state index >= 15 is 0 Å². The van der Waals surface area contributed by atoms with E-state index in [2.05, 4.69) is 20.3 Å². The van der Waals surface area contributed by atoms with E-state index in [9.17, 15) is 30.1 Å². The van der Waals surface area contributed by atoms with Crippen molar-refractivity contribution in [1.82, 2.24) is 9.97 Å². The van der Waals surface area contributed by atoms with E-state index in [1.54, 1.807) is 31.1 Å². The number of guanidine groups is 1. The number of hydrogen-bond acceptors (Lipinski definition) is 12. The third-order valence-corrected chi connectivity index (χ3v) is 5.06. The van der Waals surface area contributed by atoms with Gasteiger partial charge in [-0.05, 0) is 24.3 Å². The van der Waals surface area contributed by atoms with Crippen LogP contribution in [0, 0.1) is 21.4 Å². The Morgan fingerprint density at radius 2 is 1.93 bits per heavy atom. The minimum absolute atomic E-state index is 0.0113. The number of nitrogens with zero attached hydrogens (tertiary/aromatic N) is 6. The highest BCUT2D eigenvalue weighted by molar-refractivity contribution is 5.84. The Labute approximate surface area is 231 Å². The van der Waals surface area contributed by atoms with E-state index < -0.39 is 52.7 Å². The number of carbonyl (C=O) groups is 2. The number of ether oxygens (including phenoxy) is 2. The van der Waals surface area contributed by atoms with Crippen molar-refractivity contribution in [3.63, 3.8) is 0 Å². The lowest BCUT2D eigenvalue weighted by atomic mass is 10.2. The van der Waals surface area contributed by atoms with Crippen LogP contribution in [0.3, 0.4) is 0 Å². The largest absolute Gasteiger partial charge is 0.481 e.